The third kappa shape index (κ3) is 4.66. The van der Waals surface area contributed by atoms with Crippen LogP contribution < -0.4 is 0 Å². The van der Waals surface area contributed by atoms with E-state index in [1.54, 1.807) is 9.80 Å². The highest BCUT2D eigenvalue weighted by molar-refractivity contribution is 7.91. The first-order chi connectivity index (χ1) is 12.6. The summed E-state index contributed by atoms with van der Waals surface area (Å²) in [6.07, 6.45) is 1.59. The van der Waals surface area contributed by atoms with E-state index in [1.165, 1.54) is 11.3 Å². The minimum atomic E-state index is -3.05. The van der Waals surface area contributed by atoms with Crippen LogP contribution in [-0.4, -0.2) is 77.4 Å². The summed E-state index contributed by atoms with van der Waals surface area (Å²) in [7, 11) is -3.05. The van der Waals surface area contributed by atoms with Crippen LogP contribution in [0.15, 0.2) is 0 Å². The molecular formula is C17H26N4O4S2. The molecule has 0 N–H and O–H groups in total. The molecule has 2 saturated heterocycles. The number of carbonyl (C=O) groups excluding carboxylic acids is 2. The molecule has 1 atom stereocenters. The van der Waals surface area contributed by atoms with Gasteiger partial charge in [-0.3, -0.25) is 4.79 Å². The summed E-state index contributed by atoms with van der Waals surface area (Å²) in [5, 5.41) is 9.88. The van der Waals surface area contributed by atoms with Crippen molar-refractivity contribution in [3.05, 3.63) is 10.0 Å². The second kappa shape index (κ2) is 7.46. The van der Waals surface area contributed by atoms with Crippen molar-refractivity contribution in [1.82, 2.24) is 20.0 Å². The Bertz CT molecular complexity index is 814. The highest BCUT2D eigenvalue weighted by atomic mass is 32.2. The predicted octanol–water partition coefficient (Wildman–Crippen LogP) is 1.26. The predicted molar refractivity (Wildman–Crippen MR) is 103 cm³/mol. The van der Waals surface area contributed by atoms with E-state index < -0.39 is 15.9 Å². The van der Waals surface area contributed by atoms with Gasteiger partial charge in [-0.2, -0.15) is 0 Å². The average molecular weight is 415 g/mol. The molecule has 0 saturated carbocycles. The minimum Gasteiger partial charge on any atom is -0.323 e. The minimum absolute atomic E-state index is 0.00838. The molecule has 0 aromatic carbocycles. The van der Waals surface area contributed by atoms with Crippen molar-refractivity contribution >= 4 is 33.0 Å². The number of urea groups is 1. The summed E-state index contributed by atoms with van der Waals surface area (Å²) in [5.41, 5.74) is -0.108. The first kappa shape index (κ1) is 20.2. The Labute approximate surface area is 163 Å². The number of sulfone groups is 1. The van der Waals surface area contributed by atoms with Gasteiger partial charge in [0.05, 0.1) is 24.0 Å². The topological polar surface area (TPSA) is 101 Å². The molecular weight excluding hydrogens is 388 g/mol. The summed E-state index contributed by atoms with van der Waals surface area (Å²) in [6, 6.07) is -0.689. The van der Waals surface area contributed by atoms with Crippen LogP contribution in [0.4, 0.5) is 4.79 Å². The second-order valence-corrected chi connectivity index (χ2v) is 11.5. The summed E-state index contributed by atoms with van der Waals surface area (Å²) < 4.78 is 23.1. The van der Waals surface area contributed by atoms with Gasteiger partial charge in [0.2, 0.25) is 0 Å². The van der Waals surface area contributed by atoms with Crippen molar-refractivity contribution in [2.75, 3.05) is 31.1 Å². The van der Waals surface area contributed by atoms with Crippen LogP contribution in [0.3, 0.4) is 0 Å². The maximum absolute atomic E-state index is 12.8. The van der Waals surface area contributed by atoms with Gasteiger partial charge in [-0.25, -0.2) is 13.2 Å². The van der Waals surface area contributed by atoms with Crippen molar-refractivity contribution in [2.24, 2.45) is 0 Å². The molecule has 2 aliphatic rings. The molecule has 10 heteroatoms. The van der Waals surface area contributed by atoms with Gasteiger partial charge in [-0.15, -0.1) is 21.5 Å². The maximum Gasteiger partial charge on any atom is 0.320 e. The summed E-state index contributed by atoms with van der Waals surface area (Å²) in [4.78, 5) is 28.8. The molecule has 150 valence electrons. The van der Waals surface area contributed by atoms with E-state index in [1.807, 2.05) is 0 Å². The zero-order valence-corrected chi connectivity index (χ0v) is 17.6. The molecule has 0 spiro atoms. The first-order valence-corrected chi connectivity index (χ1v) is 11.8. The van der Waals surface area contributed by atoms with E-state index in [0.29, 0.717) is 18.0 Å². The molecule has 3 heterocycles. The number of hydrogen-bond acceptors (Lipinski definition) is 7. The fourth-order valence-corrected chi connectivity index (χ4v) is 5.42. The molecule has 2 amide bonds. The number of aromatic nitrogens is 2. The normalized spacial score (nSPS) is 22.9. The fraction of sp³-hybridized carbons (Fsp3) is 0.765. The molecule has 2 aliphatic heterocycles. The molecule has 0 unspecified atom stereocenters. The van der Waals surface area contributed by atoms with Crippen LogP contribution in [-0.2, 0) is 26.5 Å². The van der Waals surface area contributed by atoms with E-state index in [-0.39, 0.29) is 48.2 Å². The smallest absolute Gasteiger partial charge is 0.320 e. The molecule has 27 heavy (non-hydrogen) atoms. The quantitative estimate of drug-likeness (QED) is 0.738. The van der Waals surface area contributed by atoms with Crippen LogP contribution >= 0.6 is 11.3 Å². The Morgan fingerprint density at radius 1 is 1.15 bits per heavy atom. The van der Waals surface area contributed by atoms with Crippen molar-refractivity contribution in [3.63, 3.8) is 0 Å². The Morgan fingerprint density at radius 2 is 1.81 bits per heavy atom. The van der Waals surface area contributed by atoms with Crippen molar-refractivity contribution in [2.45, 2.75) is 51.5 Å². The lowest BCUT2D eigenvalue weighted by molar-refractivity contribution is -0.122. The van der Waals surface area contributed by atoms with E-state index >= 15 is 0 Å². The number of amides is 2. The van der Waals surface area contributed by atoms with Gasteiger partial charge in [-0.05, 0) is 12.8 Å². The molecule has 1 aromatic heterocycles. The Balaban J connectivity index is 1.64. The summed E-state index contributed by atoms with van der Waals surface area (Å²) >= 11 is 1.44. The van der Waals surface area contributed by atoms with Gasteiger partial charge in [0, 0.05) is 25.0 Å². The standard InChI is InChI=1S/C17H26N4O4S2/c1-17(2,3)15-19-18-14(26-15)11-13(22)12-5-4-6-21(12)16(23)20-7-9-27(24,25)10-8-20/h12H,4-11H2,1-3H3/t12-/m0/s1. The first-order valence-electron chi connectivity index (χ1n) is 9.18. The van der Waals surface area contributed by atoms with Crippen LogP contribution in [0.5, 0.6) is 0 Å². The average Bonchev–Trinajstić information content (AvgIpc) is 3.22. The van der Waals surface area contributed by atoms with Crippen molar-refractivity contribution in [3.8, 4) is 0 Å². The number of Topliss-reactive ketones (excluding diaryl/α,β-unsaturated/α-hetero) is 1. The van der Waals surface area contributed by atoms with Gasteiger partial charge < -0.3 is 9.80 Å². The Hall–Kier alpha value is -1.55. The number of carbonyl (C=O) groups is 2. The fourth-order valence-electron chi connectivity index (χ4n) is 3.31. The third-order valence-electron chi connectivity index (χ3n) is 4.92. The van der Waals surface area contributed by atoms with E-state index in [0.717, 1.165) is 11.4 Å². The SMILES string of the molecule is CC(C)(C)c1nnc(CC(=O)[C@@H]2CCCN2C(=O)N2CCS(=O)(=O)CC2)s1. The molecule has 0 bridgehead atoms. The highest BCUT2D eigenvalue weighted by Gasteiger charge is 2.38. The van der Waals surface area contributed by atoms with Crippen LogP contribution in [0, 0.1) is 0 Å². The lowest BCUT2D eigenvalue weighted by Crippen LogP contribution is -2.52. The number of rotatable bonds is 3. The van der Waals surface area contributed by atoms with Crippen LogP contribution in [0.25, 0.3) is 0 Å². The van der Waals surface area contributed by atoms with Gasteiger partial charge in [0.15, 0.2) is 15.6 Å². The van der Waals surface area contributed by atoms with Crippen molar-refractivity contribution in [1.29, 1.82) is 0 Å². The lowest BCUT2D eigenvalue weighted by atomic mass is 9.98. The zero-order chi connectivity index (χ0) is 19.8. The second-order valence-electron chi connectivity index (χ2n) is 8.17. The molecule has 0 radical (unpaired) electrons. The Morgan fingerprint density at radius 3 is 2.41 bits per heavy atom. The third-order valence-corrected chi connectivity index (χ3v) is 7.88. The molecule has 3 rings (SSSR count). The Kier molecular flexibility index (Phi) is 5.58. The monoisotopic (exact) mass is 414 g/mol. The molecule has 0 aliphatic carbocycles. The molecule has 1 aromatic rings. The van der Waals surface area contributed by atoms with Crippen LogP contribution in [0.2, 0.25) is 0 Å². The van der Waals surface area contributed by atoms with Crippen molar-refractivity contribution < 1.29 is 18.0 Å². The number of nitrogens with zero attached hydrogens (tertiary/aromatic N) is 4. The van der Waals surface area contributed by atoms with Gasteiger partial charge in [0.25, 0.3) is 0 Å². The highest BCUT2D eigenvalue weighted by Crippen LogP contribution is 2.27. The van der Waals surface area contributed by atoms with E-state index in [4.69, 9.17) is 0 Å². The van der Waals surface area contributed by atoms with Gasteiger partial charge in [-0.1, -0.05) is 20.8 Å². The lowest BCUT2D eigenvalue weighted by Gasteiger charge is -2.33. The molecule has 2 fully saturated rings. The molecule has 8 nitrogen and oxygen atoms in total. The summed E-state index contributed by atoms with van der Waals surface area (Å²) in [5.74, 6) is -0.0426. The summed E-state index contributed by atoms with van der Waals surface area (Å²) in [6.45, 7) is 7.08. The zero-order valence-electron chi connectivity index (χ0n) is 16.0. The van der Waals surface area contributed by atoms with Gasteiger partial charge in [0.1, 0.15) is 10.0 Å². The van der Waals surface area contributed by atoms with E-state index in [9.17, 15) is 18.0 Å². The maximum atomic E-state index is 12.8. The number of hydrogen-bond donors (Lipinski definition) is 0. The van der Waals surface area contributed by atoms with Crippen LogP contribution in [0.1, 0.15) is 43.6 Å². The number of likely N-dealkylation sites (tertiary alicyclic amines) is 1. The van der Waals surface area contributed by atoms with E-state index in [2.05, 4.69) is 31.0 Å². The largest absolute Gasteiger partial charge is 0.323 e. The number of ketones is 1. The van der Waals surface area contributed by atoms with Gasteiger partial charge >= 0.3 is 6.03 Å².